The van der Waals surface area contributed by atoms with E-state index >= 15 is 0 Å². The summed E-state index contributed by atoms with van der Waals surface area (Å²) in [5.74, 6) is 0.573. The first-order valence-corrected chi connectivity index (χ1v) is 8.35. The van der Waals surface area contributed by atoms with Gasteiger partial charge in [-0.25, -0.2) is 18.1 Å². The summed E-state index contributed by atoms with van der Waals surface area (Å²) >= 11 is 0. The number of sulfonamides is 1. The van der Waals surface area contributed by atoms with Crippen molar-refractivity contribution in [2.45, 2.75) is 31.6 Å². The van der Waals surface area contributed by atoms with Gasteiger partial charge in [0.1, 0.15) is 5.82 Å². The van der Waals surface area contributed by atoms with Gasteiger partial charge in [0.2, 0.25) is 10.0 Å². The van der Waals surface area contributed by atoms with Gasteiger partial charge in [-0.3, -0.25) is 0 Å². The molecule has 0 fully saturated rings. The molecule has 0 bridgehead atoms. The number of pyridine rings is 1. The summed E-state index contributed by atoms with van der Waals surface area (Å²) in [4.78, 5) is 4.31. The summed E-state index contributed by atoms with van der Waals surface area (Å²) in [7, 11) is -3.48. The minimum atomic E-state index is -3.48. The zero-order valence-electron chi connectivity index (χ0n) is 12.1. The van der Waals surface area contributed by atoms with Crippen molar-refractivity contribution in [3.05, 3.63) is 18.3 Å². The van der Waals surface area contributed by atoms with E-state index in [9.17, 15) is 8.42 Å². The summed E-state index contributed by atoms with van der Waals surface area (Å²) in [5, 5.41) is 3.07. The summed E-state index contributed by atoms with van der Waals surface area (Å²) in [6.07, 6.45) is 3.10. The SMILES string of the molecule is CCCNc1cc(S(=O)(=O)NCCCOCC)ccn1. The van der Waals surface area contributed by atoms with Crippen molar-refractivity contribution < 1.29 is 13.2 Å². The monoisotopic (exact) mass is 301 g/mol. The molecule has 1 heterocycles. The van der Waals surface area contributed by atoms with Gasteiger partial charge in [0, 0.05) is 38.6 Å². The lowest BCUT2D eigenvalue weighted by molar-refractivity contribution is 0.146. The molecule has 0 spiro atoms. The van der Waals surface area contributed by atoms with Crippen LogP contribution in [0.1, 0.15) is 26.7 Å². The number of ether oxygens (including phenoxy) is 1. The first-order chi connectivity index (χ1) is 9.60. The first-order valence-electron chi connectivity index (χ1n) is 6.87. The third-order valence-electron chi connectivity index (χ3n) is 2.56. The maximum Gasteiger partial charge on any atom is 0.240 e. The van der Waals surface area contributed by atoms with E-state index in [0.29, 0.717) is 32.0 Å². The van der Waals surface area contributed by atoms with Crippen LogP contribution in [0.15, 0.2) is 23.2 Å². The van der Waals surface area contributed by atoms with Gasteiger partial charge in [0.15, 0.2) is 0 Å². The second-order valence-corrected chi connectivity index (χ2v) is 6.02. The third kappa shape index (κ3) is 5.85. The number of nitrogens with zero attached hydrogens (tertiary/aromatic N) is 1. The number of nitrogens with one attached hydrogen (secondary N) is 2. The molecular weight excluding hydrogens is 278 g/mol. The van der Waals surface area contributed by atoms with Crippen molar-refractivity contribution in [3.8, 4) is 0 Å². The summed E-state index contributed by atoms with van der Waals surface area (Å²) in [5.41, 5.74) is 0. The van der Waals surface area contributed by atoms with Crippen molar-refractivity contribution in [1.29, 1.82) is 0 Å². The number of hydrogen-bond acceptors (Lipinski definition) is 5. The second-order valence-electron chi connectivity index (χ2n) is 4.25. The molecule has 0 atom stereocenters. The molecule has 1 rings (SSSR count). The Balaban J connectivity index is 2.57. The van der Waals surface area contributed by atoms with Gasteiger partial charge in [0.05, 0.1) is 4.90 Å². The molecule has 0 unspecified atom stereocenters. The van der Waals surface area contributed by atoms with E-state index in [1.54, 1.807) is 6.07 Å². The molecule has 1 aromatic heterocycles. The van der Waals surface area contributed by atoms with Crippen molar-refractivity contribution >= 4 is 15.8 Å². The van der Waals surface area contributed by atoms with E-state index < -0.39 is 10.0 Å². The lowest BCUT2D eigenvalue weighted by Crippen LogP contribution is -2.25. The molecule has 7 heteroatoms. The second kappa shape index (κ2) is 8.89. The molecule has 0 saturated carbocycles. The molecule has 2 N–H and O–H groups in total. The average molecular weight is 301 g/mol. The molecular formula is C13H23N3O3S. The highest BCUT2D eigenvalue weighted by atomic mass is 32.2. The van der Waals surface area contributed by atoms with Crippen LogP contribution in [-0.2, 0) is 14.8 Å². The Morgan fingerprint density at radius 1 is 1.30 bits per heavy atom. The number of hydrogen-bond donors (Lipinski definition) is 2. The lowest BCUT2D eigenvalue weighted by Gasteiger charge is -2.09. The summed E-state index contributed by atoms with van der Waals surface area (Å²) < 4.78 is 31.9. The molecule has 0 amide bonds. The van der Waals surface area contributed by atoms with Crippen LogP contribution in [0.2, 0.25) is 0 Å². The van der Waals surface area contributed by atoms with E-state index in [4.69, 9.17) is 4.74 Å². The number of anilines is 1. The third-order valence-corrected chi connectivity index (χ3v) is 4.02. The van der Waals surface area contributed by atoms with E-state index in [2.05, 4.69) is 15.0 Å². The largest absolute Gasteiger partial charge is 0.382 e. The maximum atomic E-state index is 12.1. The van der Waals surface area contributed by atoms with Crippen molar-refractivity contribution in [2.75, 3.05) is 31.6 Å². The van der Waals surface area contributed by atoms with E-state index in [-0.39, 0.29) is 4.90 Å². The van der Waals surface area contributed by atoms with Crippen LogP contribution >= 0.6 is 0 Å². The highest BCUT2D eigenvalue weighted by molar-refractivity contribution is 7.89. The van der Waals surface area contributed by atoms with Gasteiger partial charge >= 0.3 is 0 Å². The van der Waals surface area contributed by atoms with Gasteiger partial charge in [-0.1, -0.05) is 6.92 Å². The first kappa shape index (κ1) is 16.9. The number of aromatic nitrogens is 1. The van der Waals surface area contributed by atoms with E-state index in [1.165, 1.54) is 12.3 Å². The number of rotatable bonds is 10. The maximum absolute atomic E-state index is 12.1. The van der Waals surface area contributed by atoms with Crippen LogP contribution in [-0.4, -0.2) is 39.7 Å². The standard InChI is InChI=1S/C13H23N3O3S/c1-3-7-14-13-11-12(6-9-15-13)20(17,18)16-8-5-10-19-4-2/h6,9,11,16H,3-5,7-8,10H2,1-2H3,(H,14,15). The normalized spacial score (nSPS) is 11.5. The minimum absolute atomic E-state index is 0.225. The fourth-order valence-corrected chi connectivity index (χ4v) is 2.62. The predicted molar refractivity (Wildman–Crippen MR) is 79.3 cm³/mol. The average Bonchev–Trinajstić information content (AvgIpc) is 2.45. The fourth-order valence-electron chi connectivity index (χ4n) is 1.54. The molecule has 0 aliphatic rings. The molecule has 0 saturated heterocycles. The Bertz CT molecular complexity index is 491. The highest BCUT2D eigenvalue weighted by Crippen LogP contribution is 2.12. The summed E-state index contributed by atoms with van der Waals surface area (Å²) in [6, 6.07) is 3.03. The van der Waals surface area contributed by atoms with Crippen molar-refractivity contribution in [3.63, 3.8) is 0 Å². The molecule has 20 heavy (non-hydrogen) atoms. The Hall–Kier alpha value is -1.18. The van der Waals surface area contributed by atoms with E-state index in [0.717, 1.165) is 13.0 Å². The molecule has 0 aromatic carbocycles. The van der Waals surface area contributed by atoms with Gasteiger partial charge in [-0.15, -0.1) is 0 Å². The smallest absolute Gasteiger partial charge is 0.240 e. The Kier molecular flexibility index (Phi) is 7.50. The van der Waals surface area contributed by atoms with Crippen LogP contribution in [0.4, 0.5) is 5.82 Å². The van der Waals surface area contributed by atoms with Crippen LogP contribution in [0.5, 0.6) is 0 Å². The van der Waals surface area contributed by atoms with Gasteiger partial charge < -0.3 is 10.1 Å². The molecule has 114 valence electrons. The van der Waals surface area contributed by atoms with Gasteiger partial charge in [-0.05, 0) is 25.8 Å². The molecule has 0 radical (unpaired) electrons. The molecule has 1 aromatic rings. The predicted octanol–water partition coefficient (Wildman–Crippen LogP) is 1.61. The van der Waals surface area contributed by atoms with Crippen LogP contribution < -0.4 is 10.0 Å². The van der Waals surface area contributed by atoms with Crippen molar-refractivity contribution in [2.24, 2.45) is 0 Å². The fraction of sp³-hybridized carbons (Fsp3) is 0.615. The van der Waals surface area contributed by atoms with Crippen LogP contribution in [0.25, 0.3) is 0 Å². The topological polar surface area (TPSA) is 80.3 Å². The van der Waals surface area contributed by atoms with Crippen molar-refractivity contribution in [1.82, 2.24) is 9.71 Å². The van der Waals surface area contributed by atoms with Crippen LogP contribution in [0.3, 0.4) is 0 Å². The Morgan fingerprint density at radius 3 is 2.80 bits per heavy atom. The molecule has 6 nitrogen and oxygen atoms in total. The Labute approximate surface area is 121 Å². The van der Waals surface area contributed by atoms with Crippen LogP contribution in [0, 0.1) is 0 Å². The van der Waals surface area contributed by atoms with Gasteiger partial charge in [0.25, 0.3) is 0 Å². The summed E-state index contributed by atoms with van der Waals surface area (Å²) in [6.45, 7) is 6.27. The lowest BCUT2D eigenvalue weighted by atomic mass is 10.4. The van der Waals surface area contributed by atoms with Gasteiger partial charge in [-0.2, -0.15) is 0 Å². The zero-order chi connectivity index (χ0) is 14.8. The highest BCUT2D eigenvalue weighted by Gasteiger charge is 2.13. The Morgan fingerprint density at radius 2 is 2.10 bits per heavy atom. The quantitative estimate of drug-likeness (QED) is 0.642. The molecule has 0 aliphatic heterocycles. The minimum Gasteiger partial charge on any atom is -0.382 e. The molecule has 0 aliphatic carbocycles. The van der Waals surface area contributed by atoms with E-state index in [1.807, 2.05) is 13.8 Å². The zero-order valence-corrected chi connectivity index (χ0v) is 12.9.